The fraction of sp³-hybridized carbons (Fsp3) is 0.235. The number of rotatable bonds is 2. The summed E-state index contributed by atoms with van der Waals surface area (Å²) < 4.78 is 0. The molecular weight excluding hydrogens is 296 g/mol. The average molecular weight is 312 g/mol. The number of ketones is 1. The third-order valence-corrected chi connectivity index (χ3v) is 4.70. The van der Waals surface area contributed by atoms with E-state index in [1.54, 1.807) is 7.05 Å². The molecular formula is C17H16N2O2S. The van der Waals surface area contributed by atoms with Crippen LogP contribution in [0.4, 0.5) is 5.13 Å². The minimum Gasteiger partial charge on any atom is -0.291 e. The van der Waals surface area contributed by atoms with Crippen molar-refractivity contribution in [3.8, 4) is 0 Å². The number of aryl methyl sites for hydroxylation is 1. The van der Waals surface area contributed by atoms with Crippen LogP contribution in [0.15, 0.2) is 29.2 Å². The number of carbonyl (C=O) groups excluding carboxylic acids is 2. The van der Waals surface area contributed by atoms with Crippen LogP contribution >= 0.6 is 11.3 Å². The summed E-state index contributed by atoms with van der Waals surface area (Å²) in [4.78, 5) is 29.7. The second-order valence-electron chi connectivity index (χ2n) is 5.47. The predicted octanol–water partition coefficient (Wildman–Crippen LogP) is 3.26. The smallest absolute Gasteiger partial charge is 0.225 e. The molecule has 0 saturated carbocycles. The number of benzene rings is 1. The second kappa shape index (κ2) is 5.50. The van der Waals surface area contributed by atoms with Gasteiger partial charge in [0, 0.05) is 36.9 Å². The third-order valence-electron chi connectivity index (χ3n) is 3.77. The van der Waals surface area contributed by atoms with Crippen molar-refractivity contribution in [3.05, 3.63) is 51.5 Å². The van der Waals surface area contributed by atoms with E-state index >= 15 is 0 Å². The van der Waals surface area contributed by atoms with Gasteiger partial charge in [0.15, 0.2) is 10.9 Å². The summed E-state index contributed by atoms with van der Waals surface area (Å²) in [6, 6.07) is 5.91. The first kappa shape index (κ1) is 14.7. The zero-order valence-electron chi connectivity index (χ0n) is 12.7. The summed E-state index contributed by atoms with van der Waals surface area (Å²) in [7, 11) is 1.69. The Labute approximate surface area is 133 Å². The monoisotopic (exact) mass is 312 g/mol. The molecule has 1 aliphatic carbocycles. The zero-order valence-corrected chi connectivity index (χ0v) is 13.5. The van der Waals surface area contributed by atoms with Crippen LogP contribution in [0.3, 0.4) is 0 Å². The minimum absolute atomic E-state index is 0.0617. The molecule has 5 heteroatoms. The van der Waals surface area contributed by atoms with Crippen molar-refractivity contribution in [1.29, 1.82) is 0 Å². The van der Waals surface area contributed by atoms with Gasteiger partial charge in [-0.2, -0.15) is 0 Å². The van der Waals surface area contributed by atoms with E-state index in [9.17, 15) is 9.59 Å². The first-order valence-corrected chi connectivity index (χ1v) is 7.88. The highest BCUT2D eigenvalue weighted by molar-refractivity contribution is 7.14. The van der Waals surface area contributed by atoms with E-state index in [0.717, 1.165) is 28.0 Å². The van der Waals surface area contributed by atoms with Gasteiger partial charge in [-0.25, -0.2) is 4.98 Å². The highest BCUT2D eigenvalue weighted by Gasteiger charge is 2.24. The molecule has 0 spiro atoms. The molecule has 0 saturated heterocycles. The number of amides is 1. The van der Waals surface area contributed by atoms with Crippen LogP contribution in [-0.4, -0.2) is 23.7 Å². The summed E-state index contributed by atoms with van der Waals surface area (Å²) in [5, 5.41) is 2.50. The Bertz CT molecular complexity index is 805. The lowest BCUT2D eigenvalue weighted by Crippen LogP contribution is -2.22. The number of thiazole rings is 1. The van der Waals surface area contributed by atoms with E-state index in [1.165, 1.54) is 23.2 Å². The summed E-state index contributed by atoms with van der Waals surface area (Å²) in [6.07, 6.45) is 2.47. The number of nitrogens with zero attached hydrogens (tertiary/aromatic N) is 2. The zero-order chi connectivity index (χ0) is 15.9. The Morgan fingerprint density at radius 3 is 2.91 bits per heavy atom. The third kappa shape index (κ3) is 2.60. The number of allylic oxidation sites excluding steroid dienone is 1. The normalized spacial score (nSPS) is 15.2. The van der Waals surface area contributed by atoms with Gasteiger partial charge in [0.1, 0.15) is 0 Å². The topological polar surface area (TPSA) is 50.3 Å². The Kier molecular flexibility index (Phi) is 3.66. The quantitative estimate of drug-likeness (QED) is 0.800. The average Bonchev–Trinajstić information content (AvgIpc) is 3.04. The largest absolute Gasteiger partial charge is 0.291 e. The van der Waals surface area contributed by atoms with Crippen LogP contribution in [0.2, 0.25) is 0 Å². The number of anilines is 1. The standard InChI is InChI=1S/C17H16N2O2S/c1-10-4-5-15-12(6-10)7-13(16(15)21)8-14-9-22-17(18-14)19(3)11(2)20/h4-6,8-9H,7H2,1-3H3/b13-8-. The van der Waals surface area contributed by atoms with Gasteiger partial charge in [0.25, 0.3) is 0 Å². The molecule has 4 nitrogen and oxygen atoms in total. The lowest BCUT2D eigenvalue weighted by atomic mass is 10.1. The van der Waals surface area contributed by atoms with Gasteiger partial charge in [-0.15, -0.1) is 11.3 Å². The Morgan fingerprint density at radius 1 is 1.41 bits per heavy atom. The molecule has 0 N–H and O–H groups in total. The van der Waals surface area contributed by atoms with Gasteiger partial charge in [0.2, 0.25) is 5.91 Å². The number of carbonyl (C=O) groups is 2. The number of hydrogen-bond donors (Lipinski definition) is 0. The van der Waals surface area contributed by atoms with E-state index in [-0.39, 0.29) is 11.7 Å². The molecule has 0 atom stereocenters. The van der Waals surface area contributed by atoms with E-state index in [0.29, 0.717) is 11.6 Å². The maximum absolute atomic E-state index is 12.4. The van der Waals surface area contributed by atoms with Gasteiger partial charge in [-0.1, -0.05) is 23.8 Å². The van der Waals surface area contributed by atoms with E-state index < -0.39 is 0 Å². The van der Waals surface area contributed by atoms with Crippen molar-refractivity contribution in [3.63, 3.8) is 0 Å². The first-order valence-electron chi connectivity index (χ1n) is 7.00. The van der Waals surface area contributed by atoms with Crippen molar-refractivity contribution in [2.24, 2.45) is 0 Å². The molecule has 2 aromatic rings. The summed E-state index contributed by atoms with van der Waals surface area (Å²) in [5.41, 5.74) is 4.50. The van der Waals surface area contributed by atoms with Gasteiger partial charge in [0.05, 0.1) is 5.69 Å². The van der Waals surface area contributed by atoms with E-state index in [4.69, 9.17) is 0 Å². The Balaban J connectivity index is 1.88. The van der Waals surface area contributed by atoms with Crippen molar-refractivity contribution in [2.75, 3.05) is 11.9 Å². The molecule has 22 heavy (non-hydrogen) atoms. The maximum Gasteiger partial charge on any atom is 0.225 e. The van der Waals surface area contributed by atoms with Gasteiger partial charge in [-0.3, -0.25) is 14.5 Å². The lowest BCUT2D eigenvalue weighted by Gasteiger charge is -2.09. The van der Waals surface area contributed by atoms with Gasteiger partial charge >= 0.3 is 0 Å². The molecule has 112 valence electrons. The molecule has 0 aliphatic heterocycles. The Morgan fingerprint density at radius 2 is 2.18 bits per heavy atom. The first-order chi connectivity index (χ1) is 10.5. The molecule has 1 aromatic heterocycles. The minimum atomic E-state index is -0.0617. The number of fused-ring (bicyclic) bond motifs is 1. The molecule has 0 bridgehead atoms. The fourth-order valence-corrected chi connectivity index (χ4v) is 3.27. The number of Topliss-reactive ketones (excluding diaryl/α,β-unsaturated/α-hetero) is 1. The molecule has 3 rings (SSSR count). The highest BCUT2D eigenvalue weighted by Crippen LogP contribution is 2.29. The van der Waals surface area contributed by atoms with E-state index in [1.807, 2.05) is 30.5 Å². The molecule has 0 fully saturated rings. The number of aromatic nitrogens is 1. The SMILES string of the molecule is CC(=O)N(C)c1nc(/C=C2/Cc3cc(C)ccc3C2=O)cs1. The summed E-state index contributed by atoms with van der Waals surface area (Å²) >= 11 is 1.39. The molecule has 0 radical (unpaired) electrons. The molecule has 1 aromatic carbocycles. The van der Waals surface area contributed by atoms with Gasteiger partial charge < -0.3 is 0 Å². The predicted molar refractivity (Wildman–Crippen MR) is 88.4 cm³/mol. The molecule has 1 amide bonds. The van der Waals surface area contributed by atoms with Crippen LogP contribution in [0.5, 0.6) is 0 Å². The van der Waals surface area contributed by atoms with Crippen LogP contribution in [0.1, 0.15) is 34.1 Å². The van der Waals surface area contributed by atoms with Gasteiger partial charge in [-0.05, 0) is 18.6 Å². The molecule has 1 heterocycles. The number of hydrogen-bond acceptors (Lipinski definition) is 4. The van der Waals surface area contributed by atoms with Crippen molar-refractivity contribution < 1.29 is 9.59 Å². The molecule has 0 unspecified atom stereocenters. The lowest BCUT2D eigenvalue weighted by molar-refractivity contribution is -0.116. The van der Waals surface area contributed by atoms with Crippen molar-refractivity contribution >= 4 is 34.2 Å². The maximum atomic E-state index is 12.4. The second-order valence-corrected chi connectivity index (χ2v) is 6.31. The van der Waals surface area contributed by atoms with Crippen molar-refractivity contribution in [1.82, 2.24) is 4.98 Å². The van der Waals surface area contributed by atoms with E-state index in [2.05, 4.69) is 11.1 Å². The van der Waals surface area contributed by atoms with Crippen LogP contribution in [-0.2, 0) is 11.2 Å². The van der Waals surface area contributed by atoms with Crippen molar-refractivity contribution in [2.45, 2.75) is 20.3 Å². The summed E-state index contributed by atoms with van der Waals surface area (Å²) in [6.45, 7) is 3.52. The fourth-order valence-electron chi connectivity index (χ4n) is 2.48. The highest BCUT2D eigenvalue weighted by atomic mass is 32.1. The summed E-state index contributed by atoms with van der Waals surface area (Å²) in [5.74, 6) is 0.0119. The Hall–Kier alpha value is -2.27. The van der Waals surface area contributed by atoms with Crippen LogP contribution in [0.25, 0.3) is 6.08 Å². The van der Waals surface area contributed by atoms with Crippen LogP contribution in [0, 0.1) is 6.92 Å². The molecule has 1 aliphatic rings. The van der Waals surface area contributed by atoms with Crippen LogP contribution < -0.4 is 4.90 Å².